The van der Waals surface area contributed by atoms with Crippen molar-refractivity contribution in [2.45, 2.75) is 65.3 Å². The topological polar surface area (TPSA) is 144 Å². The van der Waals surface area contributed by atoms with Crippen LogP contribution in [0.2, 0.25) is 0 Å². The Bertz CT molecular complexity index is 2270. The molecule has 0 bridgehead atoms. The zero-order valence-corrected chi connectivity index (χ0v) is 34.9. The standard InChI is InChI=1S/C45H51FN8O4S/c1-28(30-10-12-32(13-11-30)41-29(2)47-27-59-41)49-43(57)39-23-35(55)25-54(39)44(58)42(45(3,4)5)50-40(56)26-52-18-20-53(21-19-52)34-16-14-31(15-17-34)33-22-38(51-48-24-33)36-8-6-7-9-37(36)46/h6-17,22,24,27-28,35,39,42,55H,18-21,23,25-26H2,1-5H3,(H,49,57)(H,50,56)/t28?,35-,39+,42?/m1/s1. The van der Waals surface area contributed by atoms with Gasteiger partial charge < -0.3 is 25.5 Å². The van der Waals surface area contributed by atoms with Crippen LogP contribution in [0.4, 0.5) is 10.1 Å². The van der Waals surface area contributed by atoms with Gasteiger partial charge in [0.05, 0.1) is 46.7 Å². The number of nitrogens with zero attached hydrogens (tertiary/aromatic N) is 6. The molecule has 0 radical (unpaired) electrons. The molecule has 14 heteroatoms. The molecule has 59 heavy (non-hydrogen) atoms. The second-order valence-electron chi connectivity index (χ2n) is 16.5. The summed E-state index contributed by atoms with van der Waals surface area (Å²) in [4.78, 5) is 52.6. The first-order valence-corrected chi connectivity index (χ1v) is 20.9. The van der Waals surface area contributed by atoms with Crippen LogP contribution in [0.1, 0.15) is 51.4 Å². The number of piperazine rings is 1. The summed E-state index contributed by atoms with van der Waals surface area (Å²) in [6, 6.07) is 22.3. The second kappa shape index (κ2) is 17.7. The summed E-state index contributed by atoms with van der Waals surface area (Å²) in [5.41, 5.74) is 7.79. The van der Waals surface area contributed by atoms with E-state index in [1.807, 2.05) is 94.7 Å². The largest absolute Gasteiger partial charge is 0.391 e. The van der Waals surface area contributed by atoms with E-state index in [2.05, 4.69) is 35.6 Å². The number of aromatic nitrogens is 3. The van der Waals surface area contributed by atoms with Gasteiger partial charge in [-0.3, -0.25) is 19.3 Å². The van der Waals surface area contributed by atoms with Crippen molar-refractivity contribution in [1.82, 2.24) is 35.6 Å². The maximum atomic E-state index is 14.4. The van der Waals surface area contributed by atoms with Crippen LogP contribution in [0, 0.1) is 18.2 Å². The average Bonchev–Trinajstić information content (AvgIpc) is 3.85. The van der Waals surface area contributed by atoms with Gasteiger partial charge in [-0.05, 0) is 66.3 Å². The summed E-state index contributed by atoms with van der Waals surface area (Å²) in [6.45, 7) is 12.4. The molecule has 0 spiro atoms. The second-order valence-corrected chi connectivity index (χ2v) is 17.4. The molecule has 3 amide bonds. The number of hydrogen-bond acceptors (Lipinski definition) is 10. The summed E-state index contributed by atoms with van der Waals surface area (Å²) in [5.74, 6) is -1.36. The monoisotopic (exact) mass is 818 g/mol. The Balaban J connectivity index is 0.924. The molecule has 2 aromatic heterocycles. The summed E-state index contributed by atoms with van der Waals surface area (Å²) in [5, 5.41) is 25.0. The lowest BCUT2D eigenvalue weighted by Gasteiger charge is -2.37. The molecule has 2 unspecified atom stereocenters. The van der Waals surface area contributed by atoms with Crippen LogP contribution in [0.5, 0.6) is 0 Å². The minimum Gasteiger partial charge on any atom is -0.391 e. The molecule has 2 saturated heterocycles. The van der Waals surface area contributed by atoms with Crippen molar-refractivity contribution in [1.29, 1.82) is 0 Å². The van der Waals surface area contributed by atoms with Crippen molar-refractivity contribution in [2.24, 2.45) is 5.41 Å². The molecule has 3 aromatic carbocycles. The molecule has 7 rings (SSSR count). The minimum atomic E-state index is -0.908. The molecule has 2 aliphatic heterocycles. The van der Waals surface area contributed by atoms with E-state index in [4.69, 9.17) is 0 Å². The van der Waals surface area contributed by atoms with Gasteiger partial charge in [-0.25, -0.2) is 9.37 Å². The predicted octanol–water partition coefficient (Wildman–Crippen LogP) is 5.87. The SMILES string of the molecule is Cc1ncsc1-c1ccc(C(C)NC(=O)[C@@H]2C[C@@H](O)CN2C(=O)C(NC(=O)CN2CCN(c3ccc(-c4cnnc(-c5ccccc5F)c4)cc3)CC2)C(C)(C)C)cc1. The maximum Gasteiger partial charge on any atom is 0.246 e. The van der Waals surface area contributed by atoms with E-state index in [9.17, 15) is 23.9 Å². The van der Waals surface area contributed by atoms with Gasteiger partial charge in [0.1, 0.15) is 17.9 Å². The van der Waals surface area contributed by atoms with Crippen LogP contribution in [-0.2, 0) is 14.4 Å². The molecular weight excluding hydrogens is 768 g/mol. The fourth-order valence-corrected chi connectivity index (χ4v) is 8.59. The van der Waals surface area contributed by atoms with Crippen LogP contribution in [-0.4, -0.2) is 105 Å². The fourth-order valence-electron chi connectivity index (χ4n) is 7.78. The highest BCUT2D eigenvalue weighted by atomic mass is 32.1. The third-order valence-electron chi connectivity index (χ3n) is 11.2. The van der Waals surface area contributed by atoms with Gasteiger partial charge >= 0.3 is 0 Å². The van der Waals surface area contributed by atoms with Crippen molar-refractivity contribution in [3.05, 3.63) is 108 Å². The molecule has 3 N–H and O–H groups in total. The number of halogens is 1. The molecule has 4 atom stereocenters. The smallest absolute Gasteiger partial charge is 0.246 e. The molecule has 308 valence electrons. The number of nitrogens with one attached hydrogen (secondary N) is 2. The Morgan fingerprint density at radius 3 is 2.29 bits per heavy atom. The summed E-state index contributed by atoms with van der Waals surface area (Å²) >= 11 is 1.58. The number of likely N-dealkylation sites (tertiary alicyclic amines) is 1. The van der Waals surface area contributed by atoms with E-state index >= 15 is 0 Å². The van der Waals surface area contributed by atoms with Crippen molar-refractivity contribution in [3.63, 3.8) is 0 Å². The van der Waals surface area contributed by atoms with E-state index in [0.717, 1.165) is 38.5 Å². The fraction of sp³-hybridized carbons (Fsp3) is 0.378. The van der Waals surface area contributed by atoms with Gasteiger partial charge in [0.2, 0.25) is 17.7 Å². The molecule has 4 heterocycles. The molecule has 0 aliphatic carbocycles. The third kappa shape index (κ3) is 9.67. The third-order valence-corrected chi connectivity index (χ3v) is 12.1. The number of benzene rings is 3. The summed E-state index contributed by atoms with van der Waals surface area (Å²) in [6.07, 6.45) is 0.920. The number of thiazole rings is 1. The lowest BCUT2D eigenvalue weighted by molar-refractivity contribution is -0.144. The number of anilines is 1. The van der Waals surface area contributed by atoms with Gasteiger partial charge in [0, 0.05) is 56.0 Å². The average molecular weight is 819 g/mol. The number of hydrogen-bond donors (Lipinski definition) is 3. The number of aryl methyl sites for hydroxylation is 1. The van der Waals surface area contributed by atoms with Crippen LogP contribution in [0.25, 0.3) is 32.8 Å². The number of carbonyl (C=O) groups excluding carboxylic acids is 3. The van der Waals surface area contributed by atoms with E-state index in [1.54, 1.807) is 35.7 Å². The minimum absolute atomic E-state index is 0.00768. The quantitative estimate of drug-likeness (QED) is 0.149. The van der Waals surface area contributed by atoms with Crippen LogP contribution in [0.3, 0.4) is 0 Å². The lowest BCUT2D eigenvalue weighted by atomic mass is 9.85. The highest BCUT2D eigenvalue weighted by Gasteiger charge is 2.45. The number of rotatable bonds is 11. The first kappa shape index (κ1) is 41.6. The molecule has 12 nitrogen and oxygen atoms in total. The summed E-state index contributed by atoms with van der Waals surface area (Å²) in [7, 11) is 0. The predicted molar refractivity (Wildman–Crippen MR) is 228 cm³/mol. The van der Waals surface area contributed by atoms with E-state index < -0.39 is 29.5 Å². The Morgan fingerprint density at radius 2 is 1.63 bits per heavy atom. The van der Waals surface area contributed by atoms with Gasteiger partial charge in [-0.1, -0.05) is 69.3 Å². The summed E-state index contributed by atoms with van der Waals surface area (Å²) < 4.78 is 14.4. The number of aliphatic hydroxyl groups excluding tert-OH is 1. The van der Waals surface area contributed by atoms with Crippen molar-refractivity contribution in [3.8, 4) is 32.8 Å². The Hall–Kier alpha value is -5.57. The number of carbonyl (C=O) groups is 3. The number of amides is 3. The van der Waals surface area contributed by atoms with E-state index in [1.165, 1.54) is 11.0 Å². The molecule has 2 aliphatic rings. The molecular formula is C45H51FN8O4S. The van der Waals surface area contributed by atoms with Crippen LogP contribution in [0.15, 0.2) is 90.6 Å². The van der Waals surface area contributed by atoms with Gasteiger partial charge in [0.15, 0.2) is 0 Å². The van der Waals surface area contributed by atoms with Crippen molar-refractivity contribution < 1.29 is 23.9 Å². The number of aliphatic hydroxyl groups is 1. The van der Waals surface area contributed by atoms with Crippen LogP contribution >= 0.6 is 11.3 Å². The molecule has 0 saturated carbocycles. The zero-order chi connectivity index (χ0) is 41.8. The Kier molecular flexibility index (Phi) is 12.5. The highest BCUT2D eigenvalue weighted by Crippen LogP contribution is 2.31. The lowest BCUT2D eigenvalue weighted by Crippen LogP contribution is -2.59. The van der Waals surface area contributed by atoms with Gasteiger partial charge in [-0.2, -0.15) is 10.2 Å². The Morgan fingerprint density at radius 1 is 0.932 bits per heavy atom. The molecule has 2 fully saturated rings. The first-order chi connectivity index (χ1) is 28.2. The molecule has 5 aromatic rings. The van der Waals surface area contributed by atoms with E-state index in [-0.39, 0.29) is 43.2 Å². The zero-order valence-electron chi connectivity index (χ0n) is 34.1. The van der Waals surface area contributed by atoms with Gasteiger partial charge in [-0.15, -0.1) is 11.3 Å². The van der Waals surface area contributed by atoms with Crippen molar-refractivity contribution in [2.75, 3.05) is 44.2 Å². The first-order valence-electron chi connectivity index (χ1n) is 20.0. The van der Waals surface area contributed by atoms with Gasteiger partial charge in [0.25, 0.3) is 0 Å². The highest BCUT2D eigenvalue weighted by molar-refractivity contribution is 7.13. The Labute approximate surface area is 348 Å². The number of β-amino-alcohol motifs (C(OH)–C–C–N with tert-alkyl or cyclic N) is 1. The normalized spacial score (nSPS) is 18.4. The maximum absolute atomic E-state index is 14.4. The van der Waals surface area contributed by atoms with Crippen LogP contribution < -0.4 is 15.5 Å². The van der Waals surface area contributed by atoms with E-state index in [0.29, 0.717) is 37.4 Å². The van der Waals surface area contributed by atoms with Crippen molar-refractivity contribution >= 4 is 34.7 Å².